The summed E-state index contributed by atoms with van der Waals surface area (Å²) in [7, 11) is 1.40. The van der Waals surface area contributed by atoms with Crippen LogP contribution in [0.3, 0.4) is 0 Å². The first-order valence-electron chi connectivity index (χ1n) is 6.01. The van der Waals surface area contributed by atoms with E-state index in [1.54, 1.807) is 0 Å². The maximum Gasteiger partial charge on any atom is 0.354 e. The lowest BCUT2D eigenvalue weighted by Crippen LogP contribution is -2.06. The molecule has 3 nitrogen and oxygen atoms in total. The minimum absolute atomic E-state index is 0.300. The van der Waals surface area contributed by atoms with Crippen LogP contribution in [0.2, 0.25) is 0 Å². The standard InChI is InChI=1S/C15H17NO2/c1-11-10-16-14(15(17)18-2)13(11)9-8-12-6-4-3-5-7-12/h3-7,10,16H,8-9H2,1-2H3. The number of esters is 1. The third-order valence-electron chi connectivity index (χ3n) is 3.11. The quantitative estimate of drug-likeness (QED) is 0.839. The van der Waals surface area contributed by atoms with Gasteiger partial charge >= 0.3 is 5.97 Å². The van der Waals surface area contributed by atoms with Gasteiger partial charge in [-0.25, -0.2) is 4.79 Å². The van der Waals surface area contributed by atoms with Crippen molar-refractivity contribution in [3.05, 3.63) is 58.9 Å². The number of ether oxygens (including phenoxy) is 1. The number of aromatic amines is 1. The Morgan fingerprint density at radius 3 is 2.61 bits per heavy atom. The zero-order valence-corrected chi connectivity index (χ0v) is 10.7. The Bertz CT molecular complexity index is 529. The fraction of sp³-hybridized carbons (Fsp3) is 0.267. The predicted molar refractivity (Wildman–Crippen MR) is 70.7 cm³/mol. The first-order chi connectivity index (χ1) is 8.72. The Morgan fingerprint density at radius 2 is 1.94 bits per heavy atom. The molecule has 0 aliphatic rings. The Kier molecular flexibility index (Phi) is 3.82. The Labute approximate surface area is 107 Å². The monoisotopic (exact) mass is 243 g/mol. The van der Waals surface area contributed by atoms with Crippen molar-refractivity contribution in [1.82, 2.24) is 4.98 Å². The normalized spacial score (nSPS) is 10.3. The van der Waals surface area contributed by atoms with E-state index >= 15 is 0 Å². The van der Waals surface area contributed by atoms with Gasteiger partial charge in [0.15, 0.2) is 0 Å². The minimum Gasteiger partial charge on any atom is -0.464 e. The number of carbonyl (C=O) groups is 1. The largest absolute Gasteiger partial charge is 0.464 e. The van der Waals surface area contributed by atoms with Gasteiger partial charge in [-0.2, -0.15) is 0 Å². The molecule has 94 valence electrons. The van der Waals surface area contributed by atoms with Crippen LogP contribution in [0, 0.1) is 6.92 Å². The van der Waals surface area contributed by atoms with E-state index in [0.29, 0.717) is 5.69 Å². The van der Waals surface area contributed by atoms with Gasteiger partial charge in [0.05, 0.1) is 7.11 Å². The fourth-order valence-electron chi connectivity index (χ4n) is 2.07. The average Bonchev–Trinajstić information content (AvgIpc) is 2.78. The van der Waals surface area contributed by atoms with Crippen LogP contribution in [0.1, 0.15) is 27.2 Å². The zero-order valence-electron chi connectivity index (χ0n) is 10.7. The molecule has 0 aliphatic carbocycles. The Morgan fingerprint density at radius 1 is 1.22 bits per heavy atom. The van der Waals surface area contributed by atoms with Crippen molar-refractivity contribution in [2.45, 2.75) is 19.8 Å². The molecule has 0 amide bonds. The molecule has 0 fully saturated rings. The number of benzene rings is 1. The maximum atomic E-state index is 11.6. The molecule has 0 bridgehead atoms. The molecule has 2 rings (SSSR count). The minimum atomic E-state index is -0.300. The van der Waals surface area contributed by atoms with Gasteiger partial charge in [0.25, 0.3) is 0 Å². The average molecular weight is 243 g/mol. The van der Waals surface area contributed by atoms with E-state index in [9.17, 15) is 4.79 Å². The third-order valence-corrected chi connectivity index (χ3v) is 3.11. The van der Waals surface area contributed by atoms with Gasteiger partial charge in [0.1, 0.15) is 5.69 Å². The molecule has 1 aromatic heterocycles. The van der Waals surface area contributed by atoms with Crippen LogP contribution < -0.4 is 0 Å². The van der Waals surface area contributed by atoms with Crippen molar-refractivity contribution in [2.24, 2.45) is 0 Å². The van der Waals surface area contributed by atoms with E-state index in [4.69, 9.17) is 4.74 Å². The molecule has 18 heavy (non-hydrogen) atoms. The smallest absolute Gasteiger partial charge is 0.354 e. The van der Waals surface area contributed by atoms with Crippen LogP contribution in [0.4, 0.5) is 0 Å². The number of methoxy groups -OCH3 is 1. The van der Waals surface area contributed by atoms with Crippen LogP contribution in [0.5, 0.6) is 0 Å². The van der Waals surface area contributed by atoms with E-state index in [2.05, 4.69) is 17.1 Å². The SMILES string of the molecule is COC(=O)c1[nH]cc(C)c1CCc1ccccc1. The summed E-state index contributed by atoms with van der Waals surface area (Å²) < 4.78 is 4.77. The van der Waals surface area contributed by atoms with Crippen LogP contribution in [-0.4, -0.2) is 18.1 Å². The van der Waals surface area contributed by atoms with Crippen molar-refractivity contribution in [3.8, 4) is 0 Å². The van der Waals surface area contributed by atoms with Gasteiger partial charge in [-0.05, 0) is 36.5 Å². The first-order valence-corrected chi connectivity index (χ1v) is 6.01. The van der Waals surface area contributed by atoms with Gasteiger partial charge in [0, 0.05) is 6.20 Å². The Hall–Kier alpha value is -2.03. The van der Waals surface area contributed by atoms with Gasteiger partial charge < -0.3 is 9.72 Å². The van der Waals surface area contributed by atoms with Crippen molar-refractivity contribution in [1.29, 1.82) is 0 Å². The van der Waals surface area contributed by atoms with Gasteiger partial charge in [-0.3, -0.25) is 0 Å². The van der Waals surface area contributed by atoms with Crippen molar-refractivity contribution >= 4 is 5.97 Å². The molecule has 1 N–H and O–H groups in total. The number of aromatic nitrogens is 1. The fourth-order valence-corrected chi connectivity index (χ4v) is 2.07. The number of rotatable bonds is 4. The van der Waals surface area contributed by atoms with Gasteiger partial charge in [-0.15, -0.1) is 0 Å². The second kappa shape index (κ2) is 5.54. The number of H-pyrrole nitrogens is 1. The summed E-state index contributed by atoms with van der Waals surface area (Å²) in [5, 5.41) is 0. The number of carbonyl (C=O) groups excluding carboxylic acids is 1. The van der Waals surface area contributed by atoms with Crippen LogP contribution in [0.15, 0.2) is 36.5 Å². The summed E-state index contributed by atoms with van der Waals surface area (Å²) >= 11 is 0. The summed E-state index contributed by atoms with van der Waals surface area (Å²) in [5.74, 6) is -0.300. The van der Waals surface area contributed by atoms with E-state index in [0.717, 1.165) is 24.0 Å². The Balaban J connectivity index is 2.14. The zero-order chi connectivity index (χ0) is 13.0. The van der Waals surface area contributed by atoms with E-state index in [-0.39, 0.29) is 5.97 Å². The molecule has 0 atom stereocenters. The molecule has 1 aromatic carbocycles. The molecular weight excluding hydrogens is 226 g/mol. The molecule has 2 aromatic rings. The highest BCUT2D eigenvalue weighted by Gasteiger charge is 2.15. The molecule has 0 aliphatic heterocycles. The summed E-state index contributed by atoms with van der Waals surface area (Å²) in [4.78, 5) is 14.6. The number of nitrogens with one attached hydrogen (secondary N) is 1. The lowest BCUT2D eigenvalue weighted by molar-refractivity contribution is 0.0593. The van der Waals surface area contributed by atoms with Crippen molar-refractivity contribution in [2.75, 3.05) is 7.11 Å². The van der Waals surface area contributed by atoms with E-state index in [1.165, 1.54) is 12.7 Å². The highest BCUT2D eigenvalue weighted by Crippen LogP contribution is 2.17. The van der Waals surface area contributed by atoms with E-state index in [1.807, 2.05) is 31.3 Å². The summed E-state index contributed by atoms with van der Waals surface area (Å²) in [6.07, 6.45) is 3.61. The number of hydrogen-bond donors (Lipinski definition) is 1. The molecular formula is C15H17NO2. The second-order valence-electron chi connectivity index (χ2n) is 4.30. The summed E-state index contributed by atoms with van der Waals surface area (Å²) in [6, 6.07) is 10.3. The molecule has 0 saturated carbocycles. The molecule has 0 saturated heterocycles. The molecule has 0 unspecified atom stereocenters. The molecule has 3 heteroatoms. The highest BCUT2D eigenvalue weighted by molar-refractivity contribution is 5.89. The lowest BCUT2D eigenvalue weighted by Gasteiger charge is -2.04. The third kappa shape index (κ3) is 2.62. The topological polar surface area (TPSA) is 42.1 Å². The first kappa shape index (κ1) is 12.4. The number of hydrogen-bond acceptors (Lipinski definition) is 2. The van der Waals surface area contributed by atoms with Crippen LogP contribution in [0.25, 0.3) is 0 Å². The number of aryl methyl sites for hydroxylation is 2. The predicted octanol–water partition coefficient (Wildman–Crippen LogP) is 2.89. The van der Waals surface area contributed by atoms with Crippen LogP contribution in [-0.2, 0) is 17.6 Å². The van der Waals surface area contributed by atoms with E-state index < -0.39 is 0 Å². The summed E-state index contributed by atoms with van der Waals surface area (Å²) in [6.45, 7) is 2.00. The van der Waals surface area contributed by atoms with Crippen LogP contribution >= 0.6 is 0 Å². The summed E-state index contributed by atoms with van der Waals surface area (Å²) in [5.41, 5.74) is 4.00. The maximum absolute atomic E-state index is 11.6. The molecule has 0 radical (unpaired) electrons. The van der Waals surface area contributed by atoms with Crippen molar-refractivity contribution < 1.29 is 9.53 Å². The molecule has 1 heterocycles. The second-order valence-corrected chi connectivity index (χ2v) is 4.30. The lowest BCUT2D eigenvalue weighted by atomic mass is 10.0. The van der Waals surface area contributed by atoms with Gasteiger partial charge in [-0.1, -0.05) is 30.3 Å². The molecule has 0 spiro atoms. The van der Waals surface area contributed by atoms with Crippen molar-refractivity contribution in [3.63, 3.8) is 0 Å². The van der Waals surface area contributed by atoms with Gasteiger partial charge in [0.2, 0.25) is 0 Å². The highest BCUT2D eigenvalue weighted by atomic mass is 16.5.